The van der Waals surface area contributed by atoms with Crippen LogP contribution >= 0.6 is 31.9 Å². The van der Waals surface area contributed by atoms with E-state index in [1.54, 1.807) is 17.2 Å². The van der Waals surface area contributed by atoms with Crippen LogP contribution < -0.4 is 5.32 Å². The van der Waals surface area contributed by atoms with Crippen molar-refractivity contribution < 1.29 is 19.5 Å². The Morgan fingerprint density at radius 1 is 1.08 bits per heavy atom. The van der Waals surface area contributed by atoms with Crippen LogP contribution in [0.1, 0.15) is 17.2 Å². The first kappa shape index (κ1) is 17.7. The van der Waals surface area contributed by atoms with Crippen LogP contribution in [0.5, 0.6) is 5.75 Å². The number of benzene rings is 2. The molecule has 4 rings (SSSR count). The molecular weight excluding hydrogens is 468 g/mol. The van der Waals surface area contributed by atoms with E-state index in [4.69, 9.17) is 4.84 Å². The van der Waals surface area contributed by atoms with Crippen LogP contribution in [0, 0.1) is 5.92 Å². The van der Waals surface area contributed by atoms with Crippen molar-refractivity contribution in [2.75, 3.05) is 0 Å². The minimum atomic E-state index is -0.845. The zero-order valence-electron chi connectivity index (χ0n) is 13.4. The van der Waals surface area contributed by atoms with Gasteiger partial charge in [0.05, 0.1) is 20.9 Å². The van der Waals surface area contributed by atoms with Gasteiger partial charge in [0, 0.05) is 6.54 Å². The molecule has 0 spiro atoms. The number of rotatable bonds is 3. The van der Waals surface area contributed by atoms with Gasteiger partial charge in [-0.15, -0.1) is 0 Å². The molecule has 0 aromatic heterocycles. The first-order valence-electron chi connectivity index (χ1n) is 7.95. The molecule has 2 aromatic carbocycles. The summed E-state index contributed by atoms with van der Waals surface area (Å²) in [5.74, 6) is -1.33. The number of phenolic OH excluding ortho intramolecular Hbond substituents is 1. The Balaban J connectivity index is 1.76. The molecule has 0 aliphatic carbocycles. The van der Waals surface area contributed by atoms with E-state index in [1.807, 2.05) is 30.3 Å². The maximum atomic E-state index is 12.4. The van der Waals surface area contributed by atoms with E-state index in [0.29, 0.717) is 15.5 Å². The average Bonchev–Trinajstić information content (AvgIpc) is 3.11. The normalized spacial score (nSPS) is 25.4. The van der Waals surface area contributed by atoms with Gasteiger partial charge in [0.25, 0.3) is 5.91 Å². The molecule has 3 atom stereocenters. The van der Waals surface area contributed by atoms with Crippen molar-refractivity contribution in [3.63, 3.8) is 0 Å². The van der Waals surface area contributed by atoms with Crippen LogP contribution in [0.3, 0.4) is 0 Å². The van der Waals surface area contributed by atoms with Gasteiger partial charge in [0.2, 0.25) is 5.91 Å². The fourth-order valence-electron chi connectivity index (χ4n) is 3.42. The molecule has 2 aliphatic rings. The molecule has 26 heavy (non-hydrogen) atoms. The molecule has 2 aromatic rings. The Morgan fingerprint density at radius 2 is 1.73 bits per heavy atom. The van der Waals surface area contributed by atoms with Crippen LogP contribution in [-0.4, -0.2) is 28.1 Å². The van der Waals surface area contributed by atoms with E-state index in [9.17, 15) is 14.7 Å². The highest BCUT2D eigenvalue weighted by atomic mass is 79.9. The van der Waals surface area contributed by atoms with Crippen LogP contribution in [0.4, 0.5) is 0 Å². The summed E-state index contributed by atoms with van der Waals surface area (Å²) in [7, 11) is 0. The summed E-state index contributed by atoms with van der Waals surface area (Å²) >= 11 is 6.65. The van der Waals surface area contributed by atoms with Crippen LogP contribution in [-0.2, 0) is 21.0 Å². The van der Waals surface area contributed by atoms with Crippen LogP contribution in [0.15, 0.2) is 51.4 Å². The smallest absolute Gasteiger partial charge is 0.258 e. The number of hydrogen-bond acceptors (Lipinski definition) is 5. The Hall–Kier alpha value is -1.74. The second-order valence-corrected chi connectivity index (χ2v) is 7.95. The number of imide groups is 1. The minimum absolute atomic E-state index is 0.0748. The van der Waals surface area contributed by atoms with Crippen molar-refractivity contribution in [1.82, 2.24) is 10.4 Å². The second-order valence-electron chi connectivity index (χ2n) is 6.24. The summed E-state index contributed by atoms with van der Waals surface area (Å²) in [6.07, 6.45) is -0.845. The van der Waals surface area contributed by atoms with Gasteiger partial charge in [-0.3, -0.25) is 19.7 Å². The lowest BCUT2D eigenvalue weighted by Crippen LogP contribution is -2.33. The Kier molecular flexibility index (Phi) is 4.60. The largest absolute Gasteiger partial charge is 0.506 e. The summed E-state index contributed by atoms with van der Waals surface area (Å²) in [6, 6.07) is 12.7. The summed E-state index contributed by atoms with van der Waals surface area (Å²) in [6.45, 7) is 0.426. The van der Waals surface area contributed by atoms with Crippen molar-refractivity contribution in [2.24, 2.45) is 5.92 Å². The van der Waals surface area contributed by atoms with E-state index in [0.717, 1.165) is 11.1 Å². The standard InChI is InChI=1S/C18H14Br2N2O4/c19-11-6-10(7-12(20)15(11)23)14-13-16(18(25)21-17(13)24)26-22(14)8-9-4-2-1-3-5-9/h1-7,13-14,16,23H,8H2,(H,21,24,25). The van der Waals surface area contributed by atoms with E-state index in [-0.39, 0.29) is 11.7 Å². The third-order valence-electron chi connectivity index (χ3n) is 4.60. The molecule has 2 saturated heterocycles. The fraction of sp³-hybridized carbons (Fsp3) is 0.222. The van der Waals surface area contributed by atoms with Gasteiger partial charge in [0.15, 0.2) is 6.10 Å². The molecule has 0 radical (unpaired) electrons. The molecule has 0 saturated carbocycles. The number of aromatic hydroxyl groups is 1. The molecule has 2 amide bonds. The van der Waals surface area contributed by atoms with Gasteiger partial charge in [-0.1, -0.05) is 30.3 Å². The maximum absolute atomic E-state index is 12.4. The highest BCUT2D eigenvalue weighted by Gasteiger charge is 2.56. The summed E-state index contributed by atoms with van der Waals surface area (Å²) < 4.78 is 0.990. The molecule has 2 aliphatic heterocycles. The quantitative estimate of drug-likeness (QED) is 0.659. The number of carbonyl (C=O) groups is 2. The SMILES string of the molecule is O=C1NC(=O)C2C1ON(Cc1ccccc1)C2c1cc(Br)c(O)c(Br)c1. The second kappa shape index (κ2) is 6.77. The van der Waals surface area contributed by atoms with Crippen molar-refractivity contribution in [1.29, 1.82) is 0 Å². The molecule has 2 heterocycles. The summed E-state index contributed by atoms with van der Waals surface area (Å²) in [4.78, 5) is 30.3. The van der Waals surface area contributed by atoms with Crippen molar-refractivity contribution >= 4 is 43.7 Å². The topological polar surface area (TPSA) is 78.9 Å². The number of amides is 2. The van der Waals surface area contributed by atoms with E-state index in [1.165, 1.54) is 0 Å². The number of nitrogens with zero attached hydrogens (tertiary/aromatic N) is 1. The van der Waals surface area contributed by atoms with E-state index in [2.05, 4.69) is 37.2 Å². The minimum Gasteiger partial charge on any atom is -0.506 e. The number of hydroxylamine groups is 2. The van der Waals surface area contributed by atoms with Gasteiger partial charge in [-0.05, 0) is 55.1 Å². The summed E-state index contributed by atoms with van der Waals surface area (Å²) in [5.41, 5.74) is 1.76. The number of fused-ring (bicyclic) bond motifs is 1. The van der Waals surface area contributed by atoms with E-state index < -0.39 is 24.0 Å². The lowest BCUT2D eigenvalue weighted by atomic mass is 9.90. The van der Waals surface area contributed by atoms with Gasteiger partial charge in [-0.2, -0.15) is 5.06 Å². The highest BCUT2D eigenvalue weighted by molar-refractivity contribution is 9.11. The predicted molar refractivity (Wildman–Crippen MR) is 99.7 cm³/mol. The van der Waals surface area contributed by atoms with Crippen LogP contribution in [0.25, 0.3) is 0 Å². The number of hydrogen-bond donors (Lipinski definition) is 2. The molecule has 2 fully saturated rings. The fourth-order valence-corrected chi connectivity index (χ4v) is 4.64. The summed E-state index contributed by atoms with van der Waals surface area (Å²) in [5, 5.41) is 14.0. The molecule has 6 nitrogen and oxygen atoms in total. The third kappa shape index (κ3) is 2.96. The van der Waals surface area contributed by atoms with Crippen LogP contribution in [0.2, 0.25) is 0 Å². The Labute approximate surface area is 166 Å². The van der Waals surface area contributed by atoms with Gasteiger partial charge < -0.3 is 5.11 Å². The maximum Gasteiger partial charge on any atom is 0.258 e. The predicted octanol–water partition coefficient (Wildman–Crippen LogP) is 3.05. The van der Waals surface area contributed by atoms with Gasteiger partial charge >= 0.3 is 0 Å². The average molecular weight is 482 g/mol. The molecular formula is C18H14Br2N2O4. The van der Waals surface area contributed by atoms with Crippen molar-refractivity contribution in [3.8, 4) is 5.75 Å². The Bertz CT molecular complexity index is 867. The number of nitrogens with one attached hydrogen (secondary N) is 1. The number of phenols is 1. The van der Waals surface area contributed by atoms with Gasteiger partial charge in [-0.25, -0.2) is 0 Å². The van der Waals surface area contributed by atoms with E-state index >= 15 is 0 Å². The molecule has 2 N–H and O–H groups in total. The molecule has 134 valence electrons. The highest BCUT2D eigenvalue weighted by Crippen LogP contribution is 2.45. The lowest BCUT2D eigenvalue weighted by Gasteiger charge is -2.26. The zero-order chi connectivity index (χ0) is 18.4. The van der Waals surface area contributed by atoms with Crippen molar-refractivity contribution in [2.45, 2.75) is 18.7 Å². The third-order valence-corrected chi connectivity index (χ3v) is 5.80. The van der Waals surface area contributed by atoms with Crippen molar-refractivity contribution in [3.05, 3.63) is 62.5 Å². The first-order valence-corrected chi connectivity index (χ1v) is 9.54. The molecule has 8 heteroatoms. The lowest BCUT2D eigenvalue weighted by molar-refractivity contribution is -0.178. The van der Waals surface area contributed by atoms with Gasteiger partial charge in [0.1, 0.15) is 5.75 Å². The number of halogens is 2. The Morgan fingerprint density at radius 3 is 2.38 bits per heavy atom. The monoisotopic (exact) mass is 480 g/mol. The number of carbonyl (C=O) groups excluding carboxylic acids is 2. The zero-order valence-corrected chi connectivity index (χ0v) is 16.5. The molecule has 3 unspecified atom stereocenters. The first-order chi connectivity index (χ1) is 12.5. The molecule has 0 bridgehead atoms.